The molecule has 2 saturated heterocycles. The van der Waals surface area contributed by atoms with E-state index in [-0.39, 0.29) is 70.3 Å². The first-order chi connectivity index (χ1) is 21.4. The third kappa shape index (κ3) is 7.53. The first kappa shape index (κ1) is 32.6. The van der Waals surface area contributed by atoms with Crippen molar-refractivity contribution in [1.82, 2.24) is 25.8 Å². The summed E-state index contributed by atoms with van der Waals surface area (Å²) in [6.07, 6.45) is 2.85. The Morgan fingerprint density at radius 2 is 1.20 bits per heavy atom. The molecule has 0 bridgehead atoms. The van der Waals surface area contributed by atoms with Crippen molar-refractivity contribution in [3.05, 3.63) is 115 Å². The van der Waals surface area contributed by atoms with E-state index in [2.05, 4.69) is 27.9 Å². The second-order valence-corrected chi connectivity index (χ2v) is 11.7. The predicted molar refractivity (Wildman–Crippen MR) is 167 cm³/mol. The van der Waals surface area contributed by atoms with Crippen LogP contribution in [0, 0.1) is 12.8 Å². The molecule has 45 heavy (non-hydrogen) atoms. The summed E-state index contributed by atoms with van der Waals surface area (Å²) in [4.78, 5) is 60.6. The van der Waals surface area contributed by atoms with Crippen LogP contribution in [0.15, 0.2) is 91.1 Å². The van der Waals surface area contributed by atoms with Gasteiger partial charge in [-0.15, -0.1) is 5.92 Å². The molecule has 6 rings (SSSR count). The fourth-order valence-electron chi connectivity index (χ4n) is 6.27. The number of para-hydroxylation sites is 1. The number of nitrogens with zero attached hydrogens (tertiary/aromatic N) is 1. The van der Waals surface area contributed by atoms with Crippen LogP contribution in [0.3, 0.4) is 0 Å². The molecule has 1 aromatic heterocycles. The van der Waals surface area contributed by atoms with Crippen molar-refractivity contribution in [2.45, 2.75) is 49.9 Å². The van der Waals surface area contributed by atoms with Gasteiger partial charge in [-0.1, -0.05) is 78.9 Å². The predicted octanol–water partition coefficient (Wildman–Crippen LogP) is 2.71. The zero-order chi connectivity index (χ0) is 30.6. The van der Waals surface area contributed by atoms with Crippen molar-refractivity contribution in [3.8, 4) is 0 Å². The topological polar surface area (TPSA) is 123 Å². The van der Waals surface area contributed by atoms with Crippen molar-refractivity contribution >= 4 is 34.5 Å². The summed E-state index contributed by atoms with van der Waals surface area (Å²) in [5.74, 6) is -1.84. The van der Waals surface area contributed by atoms with E-state index < -0.39 is 41.9 Å². The maximum atomic E-state index is 14.1. The molecule has 2 fully saturated rings. The molecule has 5 atom stereocenters. The van der Waals surface area contributed by atoms with Crippen LogP contribution in [-0.2, 0) is 71.1 Å². The summed E-state index contributed by atoms with van der Waals surface area (Å²) < 4.78 is 0. The van der Waals surface area contributed by atoms with Gasteiger partial charge in [-0.2, -0.15) is 0 Å². The monoisotopic (exact) mass is 679 g/mol. The Bertz CT molecular complexity index is 1660. The Kier molecular flexibility index (Phi) is 10.5. The number of aromatic amines is 1. The fourth-order valence-corrected chi connectivity index (χ4v) is 6.27. The number of carbonyl (C=O) groups excluding carboxylic acids is 4. The summed E-state index contributed by atoms with van der Waals surface area (Å²) in [6, 6.07) is 22.9. The van der Waals surface area contributed by atoms with Crippen LogP contribution in [0.25, 0.3) is 10.9 Å². The molecule has 4 amide bonds. The molecule has 3 heterocycles. The minimum Gasteiger partial charge on any atom is -0.361 e. The molecule has 4 aromatic rings. The Balaban J connectivity index is 0.00000400. The number of benzene rings is 3. The van der Waals surface area contributed by atoms with Crippen molar-refractivity contribution in [3.63, 3.8) is 0 Å². The van der Waals surface area contributed by atoms with Gasteiger partial charge in [0.15, 0.2) is 0 Å². The number of carbonyl (C=O) groups is 4. The van der Waals surface area contributed by atoms with Crippen molar-refractivity contribution in [2.75, 3.05) is 6.54 Å². The molecular weight excluding hydrogens is 643 g/mol. The summed E-state index contributed by atoms with van der Waals surface area (Å²) in [5.41, 5.74) is 3.48. The molecule has 229 valence electrons. The number of H-pyrrole nitrogens is 1. The van der Waals surface area contributed by atoms with Crippen LogP contribution >= 0.6 is 0 Å². The summed E-state index contributed by atoms with van der Waals surface area (Å²) in [6.45, 7) is 4.42. The van der Waals surface area contributed by atoms with Crippen LogP contribution in [0.5, 0.6) is 0 Å². The minimum absolute atomic E-state index is 0. The first-order valence-electron chi connectivity index (χ1n) is 15.0. The van der Waals surface area contributed by atoms with Crippen LogP contribution in [-0.4, -0.2) is 64.2 Å². The summed E-state index contributed by atoms with van der Waals surface area (Å²) >= 11 is 0. The van der Waals surface area contributed by atoms with Crippen LogP contribution in [0.1, 0.15) is 23.1 Å². The third-order valence-electron chi connectivity index (χ3n) is 8.52. The first-order valence-corrected chi connectivity index (χ1v) is 15.0. The van der Waals surface area contributed by atoms with Crippen LogP contribution in [0.4, 0.5) is 0 Å². The van der Waals surface area contributed by atoms with E-state index >= 15 is 0 Å². The maximum Gasteiger partial charge on any atom is 0.246 e. The maximum absolute atomic E-state index is 14.1. The van der Waals surface area contributed by atoms with Crippen molar-refractivity contribution in [2.24, 2.45) is 5.92 Å². The number of hydrogen-bond acceptors (Lipinski definition) is 4. The van der Waals surface area contributed by atoms with E-state index in [9.17, 15) is 19.2 Å². The summed E-state index contributed by atoms with van der Waals surface area (Å²) in [5, 5.41) is 9.75. The normalized spacial score (nSPS) is 24.0. The molecule has 10 heteroatoms. The van der Waals surface area contributed by atoms with Crippen LogP contribution in [0.2, 0.25) is 0 Å². The van der Waals surface area contributed by atoms with Gasteiger partial charge in [-0.3, -0.25) is 19.2 Å². The fraction of sp³-hybridized carbons (Fsp3) is 0.286. The molecule has 1 unspecified atom stereocenters. The average Bonchev–Trinajstić information content (AvgIpc) is 3.63. The van der Waals surface area contributed by atoms with Gasteiger partial charge >= 0.3 is 0 Å². The molecule has 9 nitrogen and oxygen atoms in total. The van der Waals surface area contributed by atoms with Gasteiger partial charge < -0.3 is 32.8 Å². The Hall–Kier alpha value is -3.82. The Morgan fingerprint density at radius 1 is 0.667 bits per heavy atom. The second kappa shape index (κ2) is 14.5. The largest absolute Gasteiger partial charge is 0.361 e. The van der Waals surface area contributed by atoms with Crippen LogP contribution < -0.4 is 16.0 Å². The van der Waals surface area contributed by atoms with Gasteiger partial charge in [0, 0.05) is 69.1 Å². The number of nitrogens with one attached hydrogen (secondary N) is 4. The number of hydrogen-bond donors (Lipinski definition) is 4. The van der Waals surface area contributed by atoms with E-state index in [0.29, 0.717) is 6.42 Å². The van der Waals surface area contributed by atoms with Crippen molar-refractivity contribution in [1.29, 1.82) is 0 Å². The van der Waals surface area contributed by atoms with E-state index in [4.69, 9.17) is 0 Å². The standard InChI is InChI=1S/C35H36N5O4.Y/c1-22-16-31-34(43)38-28(17-23-10-4-2-5-11-23)32(41)37-29(19-25-20-36-27-15-9-8-14-26(25)27)33(42)39-30(35(44)40(31)21-22)18-24-12-6-3-7-13-24;/h2-15,20,22,28-31,36H,1,16-19,21H2,(H,37,41)(H,38,43)(H,39,42);/q-1;/t22?,28-,29+,30-,31+;/m0./s1. The zero-order valence-electron chi connectivity index (χ0n) is 24.9. The number of aromatic nitrogens is 1. The molecule has 0 saturated carbocycles. The Morgan fingerprint density at radius 3 is 1.87 bits per heavy atom. The third-order valence-corrected chi connectivity index (χ3v) is 8.52. The van der Waals surface area contributed by atoms with E-state index in [1.165, 1.54) is 4.90 Å². The van der Waals surface area contributed by atoms with Crippen molar-refractivity contribution < 1.29 is 51.9 Å². The van der Waals surface area contributed by atoms with Gasteiger partial charge in [0.1, 0.15) is 24.2 Å². The molecule has 2 aliphatic rings. The number of fused-ring (bicyclic) bond motifs is 2. The number of amides is 4. The molecule has 4 N–H and O–H groups in total. The Labute approximate surface area is 287 Å². The molecular formula is C35H36N5O4Y-. The van der Waals surface area contributed by atoms with Gasteiger partial charge in [-0.05, 0) is 35.7 Å². The second-order valence-electron chi connectivity index (χ2n) is 11.7. The van der Waals surface area contributed by atoms with Gasteiger partial charge in [0.2, 0.25) is 23.6 Å². The smallest absolute Gasteiger partial charge is 0.246 e. The SMILES string of the molecule is [CH2-]C1C[C@@H]2C(=O)N[C@@H](Cc3ccccc3)C(=O)N[C@H](Cc3c[nH]c4ccccc34)C(=O)N[C@@H](Cc3ccccc3)C(=O)N2C1.[Y]. The van der Waals surface area contributed by atoms with E-state index in [1.807, 2.05) is 91.1 Å². The zero-order valence-corrected chi connectivity index (χ0v) is 27.8. The molecule has 1 radical (unpaired) electrons. The average molecular weight is 680 g/mol. The molecule has 2 aliphatic heterocycles. The number of rotatable bonds is 6. The van der Waals surface area contributed by atoms with Gasteiger partial charge in [-0.25, -0.2) is 0 Å². The van der Waals surface area contributed by atoms with E-state index in [0.717, 1.165) is 27.6 Å². The quantitative estimate of drug-likeness (QED) is 0.234. The van der Waals surface area contributed by atoms with E-state index in [1.54, 1.807) is 0 Å². The summed E-state index contributed by atoms with van der Waals surface area (Å²) in [7, 11) is 0. The minimum atomic E-state index is -1.00. The molecule has 3 aromatic carbocycles. The molecule has 0 aliphatic carbocycles. The van der Waals surface area contributed by atoms with Gasteiger partial charge in [0.05, 0.1) is 0 Å². The molecule has 0 spiro atoms. The van der Waals surface area contributed by atoms with Gasteiger partial charge in [0.25, 0.3) is 0 Å².